The van der Waals surface area contributed by atoms with Gasteiger partial charge in [0.15, 0.2) is 0 Å². The van der Waals surface area contributed by atoms with E-state index in [1.807, 2.05) is 0 Å². The molecule has 1 N–H and O–H groups in total. The van der Waals surface area contributed by atoms with Gasteiger partial charge in [-0.25, -0.2) is 0 Å². The van der Waals surface area contributed by atoms with Gasteiger partial charge in [0, 0.05) is 6.10 Å². The van der Waals surface area contributed by atoms with Gasteiger partial charge in [0.25, 0.3) is 0 Å². The van der Waals surface area contributed by atoms with Gasteiger partial charge in [0.1, 0.15) is 0 Å². The molecule has 0 aromatic carbocycles. The first kappa shape index (κ1) is 15.6. The SMILES string of the molecule is CC(C)O.[F-].[K+]. The van der Waals surface area contributed by atoms with Gasteiger partial charge in [-0.1, -0.05) is 0 Å². The second-order valence-electron chi connectivity index (χ2n) is 1.09. The Kier molecular flexibility index (Phi) is 25.4. The van der Waals surface area contributed by atoms with E-state index in [0.717, 1.165) is 0 Å². The normalized spacial score (nSPS) is 6.00. The van der Waals surface area contributed by atoms with Crippen LogP contribution in [0.2, 0.25) is 0 Å². The van der Waals surface area contributed by atoms with Crippen molar-refractivity contribution in [3.63, 3.8) is 0 Å². The molecule has 0 fully saturated rings. The smallest absolute Gasteiger partial charge is 1.00 e. The predicted molar refractivity (Wildman–Crippen MR) is 17.4 cm³/mol. The predicted octanol–water partition coefficient (Wildman–Crippen LogP) is -5.60. The van der Waals surface area contributed by atoms with E-state index < -0.39 is 0 Å². The zero-order chi connectivity index (χ0) is 3.58. The van der Waals surface area contributed by atoms with Crippen LogP contribution in [0, 0.1) is 0 Å². The third kappa shape index (κ3) is 48.6. The summed E-state index contributed by atoms with van der Waals surface area (Å²) in [6.07, 6.45) is -0.167. The van der Waals surface area contributed by atoms with Gasteiger partial charge in [-0.2, -0.15) is 0 Å². The molecule has 0 rings (SSSR count). The van der Waals surface area contributed by atoms with Gasteiger partial charge < -0.3 is 9.81 Å². The number of aliphatic hydroxyl groups is 1. The second kappa shape index (κ2) is 9.73. The van der Waals surface area contributed by atoms with Gasteiger partial charge in [-0.15, -0.1) is 0 Å². The molecule has 0 aromatic heterocycles. The maximum atomic E-state index is 8.06. The van der Waals surface area contributed by atoms with Crippen LogP contribution in [0.3, 0.4) is 0 Å². The molecule has 0 amide bonds. The molecule has 0 aliphatic rings. The summed E-state index contributed by atoms with van der Waals surface area (Å²) < 4.78 is 0. The van der Waals surface area contributed by atoms with Crippen LogP contribution in [0.25, 0.3) is 0 Å². The van der Waals surface area contributed by atoms with Crippen LogP contribution in [0.1, 0.15) is 13.8 Å². The monoisotopic (exact) mass is 118 g/mol. The molecule has 0 saturated heterocycles. The van der Waals surface area contributed by atoms with E-state index in [0.29, 0.717) is 0 Å². The summed E-state index contributed by atoms with van der Waals surface area (Å²) in [6, 6.07) is 0. The molecule has 1 nitrogen and oxygen atoms in total. The maximum Gasteiger partial charge on any atom is 1.00 e. The minimum absolute atomic E-state index is 0. The van der Waals surface area contributed by atoms with Crippen molar-refractivity contribution in [1.29, 1.82) is 0 Å². The molecule has 0 aliphatic heterocycles. The molecule has 0 unspecified atom stereocenters. The van der Waals surface area contributed by atoms with Crippen molar-refractivity contribution in [2.45, 2.75) is 20.0 Å². The molecule has 0 aromatic rings. The van der Waals surface area contributed by atoms with Crippen LogP contribution in [0.15, 0.2) is 0 Å². The van der Waals surface area contributed by atoms with Crippen molar-refractivity contribution in [2.75, 3.05) is 0 Å². The van der Waals surface area contributed by atoms with Crippen molar-refractivity contribution in [1.82, 2.24) is 0 Å². The average Bonchev–Trinajstić information content (AvgIpc) is 0.811. The third-order valence-electron chi connectivity index (χ3n) is 0. The first-order valence-corrected chi connectivity index (χ1v) is 1.41. The molecular formula is C3H8FKO. The summed E-state index contributed by atoms with van der Waals surface area (Å²) in [5, 5.41) is 8.06. The van der Waals surface area contributed by atoms with Crippen molar-refractivity contribution < 1.29 is 61.2 Å². The third-order valence-corrected chi connectivity index (χ3v) is 0. The number of hydrogen-bond donors (Lipinski definition) is 1. The standard InChI is InChI=1S/C3H8O.FH.K/c1-3(2)4;;/h3-4H,1-2H3;1H;/q;;+1/p-1. The molecule has 0 heterocycles. The van der Waals surface area contributed by atoms with E-state index in [4.69, 9.17) is 5.11 Å². The first-order valence-electron chi connectivity index (χ1n) is 1.41. The number of rotatable bonds is 0. The Morgan fingerprint density at radius 2 is 1.33 bits per heavy atom. The van der Waals surface area contributed by atoms with E-state index in [1.165, 1.54) is 0 Å². The molecule has 3 heteroatoms. The summed E-state index contributed by atoms with van der Waals surface area (Å²) in [4.78, 5) is 0. The van der Waals surface area contributed by atoms with Crippen LogP contribution in [0.4, 0.5) is 0 Å². The Hall–Kier alpha value is 1.53. The van der Waals surface area contributed by atoms with Gasteiger partial charge in [-0.05, 0) is 13.8 Å². The van der Waals surface area contributed by atoms with E-state index >= 15 is 0 Å². The first-order chi connectivity index (χ1) is 1.73. The summed E-state index contributed by atoms with van der Waals surface area (Å²) in [5.74, 6) is 0. The quantitative estimate of drug-likeness (QED) is 0.314. The molecule has 0 spiro atoms. The number of aliphatic hydroxyl groups excluding tert-OH is 1. The van der Waals surface area contributed by atoms with E-state index in [2.05, 4.69) is 0 Å². The van der Waals surface area contributed by atoms with Crippen LogP contribution >= 0.6 is 0 Å². The second-order valence-corrected chi connectivity index (χ2v) is 1.09. The van der Waals surface area contributed by atoms with Crippen molar-refractivity contribution in [3.8, 4) is 0 Å². The number of hydrogen-bond acceptors (Lipinski definition) is 1. The minimum Gasteiger partial charge on any atom is -1.00 e. The van der Waals surface area contributed by atoms with Crippen molar-refractivity contribution >= 4 is 0 Å². The largest absolute Gasteiger partial charge is 1.00 e. The van der Waals surface area contributed by atoms with Gasteiger partial charge >= 0.3 is 51.4 Å². The molecular weight excluding hydrogens is 110 g/mol. The van der Waals surface area contributed by atoms with E-state index in [-0.39, 0.29) is 62.2 Å². The molecule has 0 atom stereocenters. The van der Waals surface area contributed by atoms with E-state index in [1.54, 1.807) is 13.8 Å². The Morgan fingerprint density at radius 3 is 1.33 bits per heavy atom. The summed E-state index contributed by atoms with van der Waals surface area (Å²) in [6.45, 7) is 3.44. The zero-order valence-corrected chi connectivity index (χ0v) is 7.53. The van der Waals surface area contributed by atoms with Crippen molar-refractivity contribution in [3.05, 3.63) is 0 Å². The fraction of sp³-hybridized carbons (Fsp3) is 1.00. The Labute approximate surface area is 79.9 Å². The molecule has 6 heavy (non-hydrogen) atoms. The topological polar surface area (TPSA) is 20.2 Å². The summed E-state index contributed by atoms with van der Waals surface area (Å²) in [7, 11) is 0. The Balaban J connectivity index is -0.0000000450. The van der Waals surface area contributed by atoms with Gasteiger partial charge in [0.2, 0.25) is 0 Å². The Bertz CT molecular complexity index is 15.5. The molecule has 0 aliphatic carbocycles. The van der Waals surface area contributed by atoms with Gasteiger partial charge in [0.05, 0.1) is 0 Å². The molecule has 34 valence electrons. The average molecular weight is 118 g/mol. The summed E-state index contributed by atoms with van der Waals surface area (Å²) in [5.41, 5.74) is 0. The summed E-state index contributed by atoms with van der Waals surface area (Å²) >= 11 is 0. The van der Waals surface area contributed by atoms with Gasteiger partial charge in [-0.3, -0.25) is 0 Å². The van der Waals surface area contributed by atoms with Crippen LogP contribution in [-0.2, 0) is 0 Å². The van der Waals surface area contributed by atoms with Crippen LogP contribution in [-0.4, -0.2) is 11.2 Å². The zero-order valence-electron chi connectivity index (χ0n) is 4.40. The molecule has 0 saturated carbocycles. The fourth-order valence-corrected chi connectivity index (χ4v) is 0. The van der Waals surface area contributed by atoms with Crippen molar-refractivity contribution in [2.24, 2.45) is 0 Å². The van der Waals surface area contributed by atoms with E-state index in [9.17, 15) is 0 Å². The van der Waals surface area contributed by atoms with Crippen LogP contribution in [0.5, 0.6) is 0 Å². The maximum absolute atomic E-state index is 8.06. The fourth-order valence-electron chi connectivity index (χ4n) is 0. The molecule has 0 bridgehead atoms. The Morgan fingerprint density at radius 1 is 1.33 bits per heavy atom. The molecule has 0 radical (unpaired) electrons. The number of halogens is 1. The minimum atomic E-state index is -0.167. The van der Waals surface area contributed by atoms with Crippen LogP contribution < -0.4 is 56.1 Å².